The molecule has 0 aliphatic carbocycles. The van der Waals surface area contributed by atoms with Crippen molar-refractivity contribution in [3.8, 4) is 0 Å². The minimum absolute atomic E-state index is 0.697. The van der Waals surface area contributed by atoms with E-state index in [1.165, 1.54) is 43.4 Å². The normalized spacial score (nSPS) is 12.5. The number of unbranched alkanes of at least 4 members (excludes halogenated alkanes) is 1. The lowest BCUT2D eigenvalue weighted by atomic mass is 10.0. The van der Waals surface area contributed by atoms with E-state index < -0.39 is 0 Å². The van der Waals surface area contributed by atoms with Crippen LogP contribution in [-0.4, -0.2) is 13.1 Å². The van der Waals surface area contributed by atoms with E-state index in [1.807, 2.05) is 0 Å². The Hall–Kier alpha value is -0.980. The summed E-state index contributed by atoms with van der Waals surface area (Å²) in [7, 11) is 2.24. The number of hydrogen-bond donors (Lipinski definition) is 0. The van der Waals surface area contributed by atoms with Crippen molar-refractivity contribution in [3.63, 3.8) is 0 Å². The lowest BCUT2D eigenvalue weighted by Gasteiger charge is -2.30. The van der Waals surface area contributed by atoms with Crippen molar-refractivity contribution < 1.29 is 0 Å². The highest BCUT2D eigenvalue weighted by atomic mass is 15.1. The van der Waals surface area contributed by atoms with Crippen LogP contribution in [0.5, 0.6) is 0 Å². The Morgan fingerprint density at radius 1 is 1.00 bits per heavy atom. The fourth-order valence-corrected chi connectivity index (χ4v) is 2.30. The van der Waals surface area contributed by atoms with Crippen LogP contribution in [0.1, 0.15) is 51.5 Å². The molecule has 17 heavy (non-hydrogen) atoms. The summed E-state index contributed by atoms with van der Waals surface area (Å²) in [5.74, 6) is 0. The predicted octanol–water partition coefficient (Wildman–Crippen LogP) is 4.79. The maximum Gasteiger partial charge on any atom is 0.0366 e. The number of nitrogens with zero attached hydrogens (tertiary/aromatic N) is 1. The number of rotatable bonds is 7. The molecule has 1 aromatic rings. The molecular weight excluding hydrogens is 206 g/mol. The molecular formula is C16H27N. The average Bonchev–Trinajstić information content (AvgIpc) is 2.34. The van der Waals surface area contributed by atoms with E-state index in [-0.39, 0.29) is 0 Å². The monoisotopic (exact) mass is 233 g/mol. The SMILES string of the molecule is CCCCC(CCC)N(C)c1ccc(C)cc1. The van der Waals surface area contributed by atoms with Gasteiger partial charge in [-0.2, -0.15) is 0 Å². The highest BCUT2D eigenvalue weighted by Crippen LogP contribution is 2.21. The average molecular weight is 233 g/mol. The molecule has 0 spiro atoms. The van der Waals surface area contributed by atoms with Crippen LogP contribution in [0.3, 0.4) is 0 Å². The van der Waals surface area contributed by atoms with E-state index in [0.29, 0.717) is 6.04 Å². The molecule has 0 aliphatic heterocycles. The van der Waals surface area contributed by atoms with Crippen molar-refractivity contribution in [2.45, 2.75) is 58.9 Å². The second kappa shape index (κ2) is 7.37. The smallest absolute Gasteiger partial charge is 0.0366 e. The van der Waals surface area contributed by atoms with Crippen LogP contribution in [0.4, 0.5) is 5.69 Å². The summed E-state index contributed by atoms with van der Waals surface area (Å²) < 4.78 is 0. The number of hydrogen-bond acceptors (Lipinski definition) is 1. The van der Waals surface area contributed by atoms with Crippen LogP contribution in [0, 0.1) is 6.92 Å². The minimum Gasteiger partial charge on any atom is -0.372 e. The summed E-state index contributed by atoms with van der Waals surface area (Å²) in [4.78, 5) is 2.46. The summed E-state index contributed by atoms with van der Waals surface area (Å²) in [5.41, 5.74) is 2.69. The zero-order valence-electron chi connectivity index (χ0n) is 11.9. The molecule has 0 saturated carbocycles. The van der Waals surface area contributed by atoms with Gasteiger partial charge in [-0.1, -0.05) is 50.8 Å². The molecule has 1 atom stereocenters. The number of anilines is 1. The van der Waals surface area contributed by atoms with Crippen molar-refractivity contribution in [2.75, 3.05) is 11.9 Å². The second-order valence-electron chi connectivity index (χ2n) is 5.03. The van der Waals surface area contributed by atoms with Crippen LogP contribution in [0.2, 0.25) is 0 Å². The molecule has 1 unspecified atom stereocenters. The Kier molecular flexibility index (Phi) is 6.10. The molecule has 1 aromatic carbocycles. The summed E-state index contributed by atoms with van der Waals surface area (Å²) >= 11 is 0. The van der Waals surface area contributed by atoms with Crippen molar-refractivity contribution in [1.82, 2.24) is 0 Å². The van der Waals surface area contributed by atoms with Gasteiger partial charge in [0, 0.05) is 18.8 Å². The van der Waals surface area contributed by atoms with Crippen molar-refractivity contribution in [2.24, 2.45) is 0 Å². The van der Waals surface area contributed by atoms with Gasteiger partial charge < -0.3 is 4.90 Å². The lowest BCUT2D eigenvalue weighted by molar-refractivity contribution is 0.512. The van der Waals surface area contributed by atoms with E-state index in [0.717, 1.165) is 0 Å². The minimum atomic E-state index is 0.697. The highest BCUT2D eigenvalue weighted by molar-refractivity contribution is 5.47. The molecule has 0 saturated heterocycles. The molecule has 1 heteroatoms. The molecule has 0 radical (unpaired) electrons. The van der Waals surface area contributed by atoms with Crippen LogP contribution < -0.4 is 4.90 Å². The Balaban J connectivity index is 2.68. The van der Waals surface area contributed by atoms with Crippen molar-refractivity contribution in [1.29, 1.82) is 0 Å². The van der Waals surface area contributed by atoms with Gasteiger partial charge in [0.15, 0.2) is 0 Å². The van der Waals surface area contributed by atoms with Gasteiger partial charge in [-0.05, 0) is 31.9 Å². The first-order chi connectivity index (χ1) is 8.19. The molecule has 0 bridgehead atoms. The van der Waals surface area contributed by atoms with Crippen LogP contribution >= 0.6 is 0 Å². The molecule has 1 rings (SSSR count). The van der Waals surface area contributed by atoms with Gasteiger partial charge in [0.25, 0.3) is 0 Å². The van der Waals surface area contributed by atoms with Gasteiger partial charge in [0.05, 0.1) is 0 Å². The van der Waals surface area contributed by atoms with E-state index in [4.69, 9.17) is 0 Å². The number of benzene rings is 1. The van der Waals surface area contributed by atoms with Gasteiger partial charge in [0.1, 0.15) is 0 Å². The van der Waals surface area contributed by atoms with E-state index in [2.05, 4.69) is 57.0 Å². The topological polar surface area (TPSA) is 3.24 Å². The van der Waals surface area contributed by atoms with Gasteiger partial charge in [-0.25, -0.2) is 0 Å². The van der Waals surface area contributed by atoms with E-state index >= 15 is 0 Å². The third-order valence-corrected chi connectivity index (χ3v) is 3.50. The van der Waals surface area contributed by atoms with Crippen molar-refractivity contribution in [3.05, 3.63) is 29.8 Å². The highest BCUT2D eigenvalue weighted by Gasteiger charge is 2.13. The Morgan fingerprint density at radius 3 is 2.18 bits per heavy atom. The summed E-state index contributed by atoms with van der Waals surface area (Å²) in [6, 6.07) is 9.58. The number of aryl methyl sites for hydroxylation is 1. The van der Waals surface area contributed by atoms with Crippen LogP contribution in [-0.2, 0) is 0 Å². The first-order valence-corrected chi connectivity index (χ1v) is 6.98. The van der Waals surface area contributed by atoms with Gasteiger partial charge in [-0.3, -0.25) is 0 Å². The molecule has 0 aromatic heterocycles. The fraction of sp³-hybridized carbons (Fsp3) is 0.625. The quantitative estimate of drug-likeness (QED) is 0.654. The van der Waals surface area contributed by atoms with E-state index in [1.54, 1.807) is 0 Å². The maximum absolute atomic E-state index is 2.46. The molecule has 96 valence electrons. The van der Waals surface area contributed by atoms with Gasteiger partial charge in [-0.15, -0.1) is 0 Å². The van der Waals surface area contributed by atoms with E-state index in [9.17, 15) is 0 Å². The molecule has 0 amide bonds. The first kappa shape index (κ1) is 14.1. The summed E-state index contributed by atoms with van der Waals surface area (Å²) in [6.45, 7) is 6.70. The Bertz CT molecular complexity index is 302. The summed E-state index contributed by atoms with van der Waals surface area (Å²) in [6.07, 6.45) is 6.51. The lowest BCUT2D eigenvalue weighted by Crippen LogP contribution is -2.31. The molecule has 0 N–H and O–H groups in total. The predicted molar refractivity (Wildman–Crippen MR) is 77.8 cm³/mol. The molecule has 1 nitrogen and oxygen atoms in total. The molecule has 0 aliphatic rings. The maximum atomic E-state index is 2.46. The van der Waals surface area contributed by atoms with Crippen LogP contribution in [0.15, 0.2) is 24.3 Å². The van der Waals surface area contributed by atoms with Gasteiger partial charge >= 0.3 is 0 Å². The second-order valence-corrected chi connectivity index (χ2v) is 5.03. The fourth-order valence-electron chi connectivity index (χ4n) is 2.30. The zero-order chi connectivity index (χ0) is 12.7. The Labute approximate surface area is 107 Å². The molecule has 0 fully saturated rings. The third kappa shape index (κ3) is 4.41. The van der Waals surface area contributed by atoms with Crippen molar-refractivity contribution >= 4 is 5.69 Å². The zero-order valence-corrected chi connectivity index (χ0v) is 11.9. The van der Waals surface area contributed by atoms with Gasteiger partial charge in [0.2, 0.25) is 0 Å². The Morgan fingerprint density at radius 2 is 1.65 bits per heavy atom. The largest absolute Gasteiger partial charge is 0.372 e. The first-order valence-electron chi connectivity index (χ1n) is 6.98. The third-order valence-electron chi connectivity index (χ3n) is 3.50. The van der Waals surface area contributed by atoms with Crippen LogP contribution in [0.25, 0.3) is 0 Å². The molecule has 0 heterocycles. The standard InChI is InChI=1S/C16H27N/c1-5-7-9-15(8-6-2)17(4)16-12-10-14(3)11-13-16/h10-13,15H,5-9H2,1-4H3. The summed E-state index contributed by atoms with van der Waals surface area (Å²) in [5, 5.41) is 0.